The van der Waals surface area contributed by atoms with Crippen LogP contribution in [0.4, 0.5) is 34.1 Å². The van der Waals surface area contributed by atoms with E-state index in [9.17, 15) is 0 Å². The molecule has 2 heteroatoms. The van der Waals surface area contributed by atoms with Gasteiger partial charge >= 0.3 is 0 Å². The molecule has 1 aliphatic heterocycles. The summed E-state index contributed by atoms with van der Waals surface area (Å²) in [4.78, 5) is 4.96. The number of rotatable bonds is 6. The highest BCUT2D eigenvalue weighted by Gasteiger charge is 2.52. The van der Waals surface area contributed by atoms with E-state index in [-0.39, 0.29) is 0 Å². The molecule has 0 amide bonds. The second-order valence-corrected chi connectivity index (χ2v) is 20.3. The van der Waals surface area contributed by atoms with E-state index in [0.717, 1.165) is 29.2 Å². The molecule has 1 spiro atoms. The Kier molecular flexibility index (Phi) is 10.8. The van der Waals surface area contributed by atoms with Crippen molar-refractivity contribution < 1.29 is 0 Å². The molecule has 2 unspecified atom stereocenters. The van der Waals surface area contributed by atoms with Gasteiger partial charge in [-0.15, -0.1) is 0 Å². The lowest BCUT2D eigenvalue weighted by Gasteiger charge is -2.45. The molecule has 11 aromatic rings. The van der Waals surface area contributed by atoms with E-state index in [1.54, 1.807) is 0 Å². The van der Waals surface area contributed by atoms with Crippen molar-refractivity contribution in [3.8, 4) is 22.3 Å². The monoisotopic (exact) mass is 960 g/mol. The average molecular weight is 961 g/mol. The van der Waals surface area contributed by atoms with Gasteiger partial charge in [0.05, 0.1) is 28.2 Å². The summed E-state index contributed by atoms with van der Waals surface area (Å²) >= 11 is 0. The highest BCUT2D eigenvalue weighted by molar-refractivity contribution is 6.05. The van der Waals surface area contributed by atoms with Crippen molar-refractivity contribution in [3.63, 3.8) is 0 Å². The number of fused-ring (bicyclic) bond motifs is 13. The first-order chi connectivity index (χ1) is 37.2. The molecule has 3 aliphatic carbocycles. The van der Waals surface area contributed by atoms with Gasteiger partial charge in [-0.25, -0.2) is 0 Å². The van der Waals surface area contributed by atoms with Crippen molar-refractivity contribution in [2.75, 3.05) is 9.80 Å². The highest BCUT2D eigenvalue weighted by Crippen LogP contribution is 2.64. The molecule has 0 fully saturated rings. The maximum Gasteiger partial charge on any atom is 0.0754 e. The molecular weight excluding hydrogens is 905 g/mol. The van der Waals surface area contributed by atoms with Crippen LogP contribution < -0.4 is 9.80 Å². The van der Waals surface area contributed by atoms with Gasteiger partial charge in [-0.3, -0.25) is 0 Å². The van der Waals surface area contributed by atoms with Crippen LogP contribution in [0.3, 0.4) is 0 Å². The summed E-state index contributed by atoms with van der Waals surface area (Å²) in [5.74, 6) is 1.00. The number of hydrogen-bond acceptors (Lipinski definition) is 2. The van der Waals surface area contributed by atoms with Crippen molar-refractivity contribution in [2.24, 2.45) is 11.8 Å². The molecule has 358 valence electrons. The number of para-hydroxylation sites is 2. The second kappa shape index (κ2) is 18.2. The number of benzene rings is 11. The summed E-state index contributed by atoms with van der Waals surface area (Å²) in [7, 11) is 0. The molecule has 0 saturated carbocycles. The largest absolute Gasteiger partial charge is 0.310 e. The van der Waals surface area contributed by atoms with Crippen LogP contribution in [-0.4, -0.2) is 0 Å². The Balaban J connectivity index is 0.00000255. The third-order valence-electron chi connectivity index (χ3n) is 16.4. The van der Waals surface area contributed by atoms with E-state index in [4.69, 9.17) is 0 Å². The predicted molar refractivity (Wildman–Crippen MR) is 318 cm³/mol. The minimum absolute atomic E-state index is 0.430. The summed E-state index contributed by atoms with van der Waals surface area (Å²) < 4.78 is 0. The van der Waals surface area contributed by atoms with E-state index in [1.807, 2.05) is 13.8 Å². The molecule has 2 nitrogen and oxygen atoms in total. The quantitative estimate of drug-likeness (QED) is 0.153. The fourth-order valence-corrected chi connectivity index (χ4v) is 13.1. The smallest absolute Gasteiger partial charge is 0.0754 e. The number of anilines is 6. The molecule has 0 saturated heterocycles. The molecule has 75 heavy (non-hydrogen) atoms. The lowest BCUT2D eigenvalue weighted by atomic mass is 9.64. The van der Waals surface area contributed by atoms with Gasteiger partial charge in [0.15, 0.2) is 0 Å². The number of allylic oxidation sites excluding steroid dienone is 6. The Hall–Kier alpha value is -8.98. The lowest BCUT2D eigenvalue weighted by Crippen LogP contribution is -2.36. The number of hydrogen-bond donors (Lipinski definition) is 0. The molecule has 1 heterocycles. The van der Waals surface area contributed by atoms with Gasteiger partial charge in [0.25, 0.3) is 0 Å². The predicted octanol–water partition coefficient (Wildman–Crippen LogP) is 20.0. The summed E-state index contributed by atoms with van der Waals surface area (Å²) in [6, 6.07) is 88.7. The standard InChI is InChI=1S/C71H50N2.C2H6/c1-3-19-51-43-53(33-31-47(51)15-1)55-35-41-61-62-42-36-56(54-34-32-48-16-2-4-20-52(48)44-54)46-66(62)71(65(61)45-55)63-25-9-11-27-69(63)73(70-28-12-10-26-64(70)71)58-39-37-57(38-40-58)72(67-29-13-21-49-17-5-7-23-59(49)67)68-30-14-22-50-18-6-8-24-60(50)68;1-2/h1,3-15,17-46,48,52H,2,16H2;1-2H3. The van der Waals surface area contributed by atoms with Crippen molar-refractivity contribution >= 4 is 72.0 Å². The fraction of sp³-hybridized carbons (Fsp3) is 0.0959. The molecule has 0 N–H and O–H groups in total. The maximum atomic E-state index is 2.54. The van der Waals surface area contributed by atoms with E-state index in [2.05, 4.69) is 277 Å². The minimum Gasteiger partial charge on any atom is -0.310 e. The second-order valence-electron chi connectivity index (χ2n) is 20.3. The molecule has 0 radical (unpaired) electrons. The summed E-state index contributed by atoms with van der Waals surface area (Å²) in [6.45, 7) is 4.00. The van der Waals surface area contributed by atoms with Gasteiger partial charge in [-0.05, 0) is 163 Å². The highest BCUT2D eigenvalue weighted by atomic mass is 15.2. The Morgan fingerprint density at radius 2 is 0.973 bits per heavy atom. The summed E-state index contributed by atoms with van der Waals surface area (Å²) in [6.07, 6.45) is 14.5. The molecular formula is C73H56N2. The number of nitrogens with zero attached hydrogens (tertiary/aromatic N) is 2. The van der Waals surface area contributed by atoms with E-state index in [1.165, 1.54) is 106 Å². The lowest BCUT2D eigenvalue weighted by molar-refractivity contribution is 0.493. The van der Waals surface area contributed by atoms with E-state index in [0.29, 0.717) is 11.8 Å². The van der Waals surface area contributed by atoms with Gasteiger partial charge in [-0.2, -0.15) is 0 Å². The average Bonchev–Trinajstić information content (AvgIpc) is 3.77. The first-order valence-electron chi connectivity index (χ1n) is 26.9. The van der Waals surface area contributed by atoms with Crippen LogP contribution in [0.5, 0.6) is 0 Å². The molecule has 0 aromatic heterocycles. The Bertz CT molecular complexity index is 4000. The fourth-order valence-electron chi connectivity index (χ4n) is 13.1. The zero-order valence-electron chi connectivity index (χ0n) is 42.4. The van der Waals surface area contributed by atoms with E-state index < -0.39 is 5.41 Å². The molecule has 11 aromatic carbocycles. The first kappa shape index (κ1) is 44.7. The van der Waals surface area contributed by atoms with Crippen LogP contribution >= 0.6 is 0 Å². The van der Waals surface area contributed by atoms with Crippen LogP contribution in [0.25, 0.3) is 60.1 Å². The topological polar surface area (TPSA) is 6.48 Å². The van der Waals surface area contributed by atoms with Gasteiger partial charge in [0.1, 0.15) is 0 Å². The third kappa shape index (κ3) is 7.08. The molecule has 4 aliphatic rings. The van der Waals surface area contributed by atoms with Gasteiger partial charge in [0.2, 0.25) is 0 Å². The Morgan fingerprint density at radius 1 is 0.440 bits per heavy atom. The zero-order chi connectivity index (χ0) is 50.0. The van der Waals surface area contributed by atoms with Crippen molar-refractivity contribution in [1.82, 2.24) is 0 Å². The van der Waals surface area contributed by atoms with Crippen LogP contribution in [0.15, 0.2) is 267 Å². The van der Waals surface area contributed by atoms with Crippen LogP contribution in [0.1, 0.15) is 54.5 Å². The van der Waals surface area contributed by atoms with Crippen LogP contribution in [0.2, 0.25) is 0 Å². The first-order valence-corrected chi connectivity index (χ1v) is 26.9. The summed E-state index contributed by atoms with van der Waals surface area (Å²) in [5.41, 5.74) is 19.1. The van der Waals surface area contributed by atoms with Gasteiger partial charge in [-0.1, -0.05) is 214 Å². The molecule has 2 atom stereocenters. The zero-order valence-corrected chi connectivity index (χ0v) is 42.4. The van der Waals surface area contributed by atoms with Crippen molar-refractivity contribution in [3.05, 3.63) is 295 Å². The minimum atomic E-state index is -0.608. The van der Waals surface area contributed by atoms with E-state index >= 15 is 0 Å². The normalized spacial score (nSPS) is 16.3. The van der Waals surface area contributed by atoms with Crippen LogP contribution in [-0.2, 0) is 5.41 Å². The van der Waals surface area contributed by atoms with Crippen molar-refractivity contribution in [2.45, 2.75) is 32.1 Å². The van der Waals surface area contributed by atoms with Gasteiger partial charge < -0.3 is 9.80 Å². The van der Waals surface area contributed by atoms with Crippen LogP contribution in [0, 0.1) is 11.8 Å². The molecule has 0 bridgehead atoms. The maximum absolute atomic E-state index is 2.54. The Morgan fingerprint density at radius 3 is 1.64 bits per heavy atom. The third-order valence-corrected chi connectivity index (χ3v) is 16.4. The van der Waals surface area contributed by atoms with Gasteiger partial charge in [0, 0.05) is 28.1 Å². The van der Waals surface area contributed by atoms with Crippen molar-refractivity contribution in [1.29, 1.82) is 0 Å². The Labute approximate surface area is 440 Å². The molecule has 15 rings (SSSR count). The SMILES string of the molecule is C1=CC2C=C(c3ccc4c(c3)C3(c5cc(-c6ccc7ccccc7c6)ccc5-4)c4ccccc4N(c4ccc(N(c5cccc6ccccc56)c5cccc6ccccc56)cc4)c4ccccc43)C=CC2CC1.CC. The summed E-state index contributed by atoms with van der Waals surface area (Å²) in [5, 5.41) is 7.35.